The smallest absolute Gasteiger partial charge is 0.418 e. The molecule has 1 aliphatic heterocycles. The number of halogens is 12. The van der Waals surface area contributed by atoms with Gasteiger partial charge in [0.15, 0.2) is 0 Å². The molecule has 0 saturated carbocycles. The van der Waals surface area contributed by atoms with E-state index in [1.54, 1.807) is 7.11 Å². The number of rotatable bonds is 3. The molecule has 0 radical (unpaired) electrons. The van der Waals surface area contributed by atoms with Crippen molar-refractivity contribution in [2.75, 3.05) is 33.4 Å². The van der Waals surface area contributed by atoms with Crippen molar-refractivity contribution in [1.29, 1.82) is 0 Å². The molecule has 1 rings (SSSR count). The number of piperidine rings is 1. The first kappa shape index (κ1) is 29.1. The van der Waals surface area contributed by atoms with Gasteiger partial charge in [0, 0.05) is 13.7 Å². The van der Waals surface area contributed by atoms with Gasteiger partial charge in [0.2, 0.25) is 0 Å². The third kappa shape index (κ3) is 82.9. The molecule has 0 bridgehead atoms. The zero-order valence-corrected chi connectivity index (χ0v) is 13.1. The molecule has 1 aliphatic rings. The van der Waals surface area contributed by atoms with Crippen LogP contribution in [0, 0.1) is 0 Å². The van der Waals surface area contributed by atoms with Gasteiger partial charge in [-0.3, -0.25) is 0 Å². The number of hydrogen-bond donors (Lipinski definition) is 0. The van der Waals surface area contributed by atoms with Gasteiger partial charge in [-0.05, 0) is 25.9 Å². The summed E-state index contributed by atoms with van der Waals surface area (Å²) in [5.74, 6) is 0. The van der Waals surface area contributed by atoms with Crippen LogP contribution in [-0.2, 0) is 4.74 Å². The average molecular weight is 404 g/mol. The molecule has 1 heterocycles. The van der Waals surface area contributed by atoms with Gasteiger partial charge >= 0.3 is 21.8 Å². The summed E-state index contributed by atoms with van der Waals surface area (Å²) < 4.78 is 122. The van der Waals surface area contributed by atoms with Crippen LogP contribution in [0.2, 0.25) is 0 Å². The summed E-state index contributed by atoms with van der Waals surface area (Å²) in [5.41, 5.74) is 0. The van der Waals surface area contributed by atoms with E-state index < -0.39 is 21.8 Å². The highest BCUT2D eigenvalue weighted by Crippen LogP contribution is 2.08. The van der Waals surface area contributed by atoms with E-state index in [1.165, 1.54) is 32.4 Å². The molecule has 0 spiro atoms. The maximum Gasteiger partial charge on any atom is 0.673 e. The summed E-state index contributed by atoms with van der Waals surface area (Å²) in [6.45, 7) is 4.57. The normalized spacial score (nSPS) is 15.7. The monoisotopic (exact) mass is 404 g/mol. The highest BCUT2D eigenvalue weighted by Gasteiger charge is 2.21. The summed E-state index contributed by atoms with van der Waals surface area (Å²) in [5, 5.41) is 0. The Balaban J connectivity index is -0.000000279. The van der Waals surface area contributed by atoms with Crippen molar-refractivity contribution in [2.45, 2.75) is 19.3 Å². The van der Waals surface area contributed by atoms with Gasteiger partial charge in [0.1, 0.15) is 0 Å². The van der Waals surface area contributed by atoms with E-state index >= 15 is 0 Å². The fraction of sp³-hybridized carbons (Fsp3) is 1.00. The van der Waals surface area contributed by atoms with Gasteiger partial charge < -0.3 is 61.4 Å². The molecule has 0 aromatic rings. The highest BCUT2D eigenvalue weighted by molar-refractivity contribution is 6.50. The Morgan fingerprint density at radius 2 is 0.920 bits per heavy atom. The van der Waals surface area contributed by atoms with Gasteiger partial charge in [-0.15, -0.1) is 0 Å². The standard InChI is InChI=1S/C8H17NO.3BF4/c1-10-8-7-9-5-3-2-4-6-9;3*2-1(3,4)5/h2-8H2,1H3;;;/q;3*-1. The topological polar surface area (TPSA) is 12.5 Å². The first-order valence-corrected chi connectivity index (χ1v) is 6.76. The Kier molecular flexibility index (Phi) is 16.8. The quantitative estimate of drug-likeness (QED) is 0.485. The molecule has 17 heteroatoms. The lowest BCUT2D eigenvalue weighted by atomic mass is 10.1. The molecule has 0 atom stereocenters. The molecule has 0 amide bonds. The van der Waals surface area contributed by atoms with Crippen LogP contribution in [0.5, 0.6) is 0 Å². The van der Waals surface area contributed by atoms with Crippen LogP contribution >= 0.6 is 0 Å². The second-order valence-corrected chi connectivity index (χ2v) is 4.38. The van der Waals surface area contributed by atoms with Gasteiger partial charge in [-0.1, -0.05) is 6.42 Å². The van der Waals surface area contributed by atoms with Crippen LogP contribution in [0.15, 0.2) is 0 Å². The number of nitrogens with zero attached hydrogens (tertiary/aromatic N) is 1. The largest absolute Gasteiger partial charge is 0.673 e. The number of methoxy groups -OCH3 is 1. The van der Waals surface area contributed by atoms with E-state index in [2.05, 4.69) is 4.90 Å². The Hall–Kier alpha value is -0.725. The average Bonchev–Trinajstić information content (AvgIpc) is 2.31. The summed E-state index contributed by atoms with van der Waals surface area (Å²) in [6, 6.07) is 0. The Morgan fingerprint density at radius 3 is 1.16 bits per heavy atom. The molecule has 156 valence electrons. The summed E-state index contributed by atoms with van der Waals surface area (Å²) in [4.78, 5) is 2.48. The zero-order valence-electron chi connectivity index (χ0n) is 13.1. The van der Waals surface area contributed by atoms with Crippen LogP contribution in [0.4, 0.5) is 51.8 Å². The molecular formula is C8H17B3F12NO-3. The summed E-state index contributed by atoms with van der Waals surface area (Å²) in [6.07, 6.45) is 4.18. The predicted molar refractivity (Wildman–Crippen MR) is 72.7 cm³/mol. The third-order valence-electron chi connectivity index (χ3n) is 2.06. The second-order valence-electron chi connectivity index (χ2n) is 4.38. The van der Waals surface area contributed by atoms with E-state index in [0.29, 0.717) is 0 Å². The van der Waals surface area contributed by atoms with Crippen LogP contribution in [0.3, 0.4) is 0 Å². The molecule has 0 unspecified atom stereocenters. The fourth-order valence-corrected chi connectivity index (χ4v) is 1.40. The molecule has 1 fully saturated rings. The SMILES string of the molecule is COCCN1CCCCC1.F[B-](F)(F)F.F[B-](F)(F)F.F[B-](F)(F)F. The number of likely N-dealkylation sites (tertiary alicyclic amines) is 1. The number of ether oxygens (including phenoxy) is 1. The van der Waals surface area contributed by atoms with E-state index in [4.69, 9.17) is 4.74 Å². The van der Waals surface area contributed by atoms with Gasteiger partial charge in [-0.2, -0.15) is 0 Å². The van der Waals surface area contributed by atoms with Crippen LogP contribution in [0.1, 0.15) is 19.3 Å². The molecule has 0 N–H and O–H groups in total. The van der Waals surface area contributed by atoms with Crippen LogP contribution in [-0.4, -0.2) is 60.0 Å². The summed E-state index contributed by atoms with van der Waals surface area (Å²) in [7, 11) is -16.2. The Morgan fingerprint density at radius 1 is 0.640 bits per heavy atom. The lowest BCUT2D eigenvalue weighted by molar-refractivity contribution is 0.135. The molecule has 0 aliphatic carbocycles. The minimum atomic E-state index is -6.00. The van der Waals surface area contributed by atoms with Crippen LogP contribution < -0.4 is 0 Å². The highest BCUT2D eigenvalue weighted by atomic mass is 19.5. The van der Waals surface area contributed by atoms with E-state index in [0.717, 1.165) is 13.2 Å². The third-order valence-corrected chi connectivity index (χ3v) is 2.06. The van der Waals surface area contributed by atoms with Crippen molar-refractivity contribution in [3.8, 4) is 0 Å². The van der Waals surface area contributed by atoms with E-state index in [9.17, 15) is 51.8 Å². The minimum absolute atomic E-state index is 0.889. The molecule has 2 nitrogen and oxygen atoms in total. The van der Waals surface area contributed by atoms with Gasteiger partial charge in [0.25, 0.3) is 0 Å². The maximum atomic E-state index is 9.75. The minimum Gasteiger partial charge on any atom is -0.418 e. The zero-order chi connectivity index (χ0) is 20.7. The van der Waals surface area contributed by atoms with E-state index in [1.807, 2.05) is 0 Å². The van der Waals surface area contributed by atoms with Crippen molar-refractivity contribution in [1.82, 2.24) is 4.90 Å². The molecular weight excluding hydrogens is 387 g/mol. The van der Waals surface area contributed by atoms with Crippen molar-refractivity contribution < 1.29 is 56.5 Å². The van der Waals surface area contributed by atoms with Crippen molar-refractivity contribution in [3.05, 3.63) is 0 Å². The molecule has 25 heavy (non-hydrogen) atoms. The Labute approximate surface area is 137 Å². The first-order chi connectivity index (χ1) is 10.9. The van der Waals surface area contributed by atoms with E-state index in [-0.39, 0.29) is 0 Å². The van der Waals surface area contributed by atoms with Crippen LogP contribution in [0.25, 0.3) is 0 Å². The summed E-state index contributed by atoms with van der Waals surface area (Å²) >= 11 is 0. The molecule has 0 aromatic carbocycles. The second kappa shape index (κ2) is 14.4. The van der Waals surface area contributed by atoms with Gasteiger partial charge in [-0.25, -0.2) is 0 Å². The fourth-order valence-electron chi connectivity index (χ4n) is 1.40. The lowest BCUT2D eigenvalue weighted by Gasteiger charge is -2.25. The Bertz CT molecular complexity index is 245. The van der Waals surface area contributed by atoms with Crippen molar-refractivity contribution in [3.63, 3.8) is 0 Å². The first-order valence-electron chi connectivity index (χ1n) is 6.76. The lowest BCUT2D eigenvalue weighted by Crippen LogP contribution is -2.32. The number of hydrogen-bond acceptors (Lipinski definition) is 2. The maximum absolute atomic E-state index is 9.75. The van der Waals surface area contributed by atoms with Gasteiger partial charge in [0.05, 0.1) is 6.61 Å². The molecule has 0 aromatic heterocycles. The van der Waals surface area contributed by atoms with Crippen molar-refractivity contribution >= 4 is 21.8 Å². The molecule has 1 saturated heterocycles. The van der Waals surface area contributed by atoms with Crippen molar-refractivity contribution in [2.24, 2.45) is 0 Å². The predicted octanol–water partition coefficient (Wildman–Crippen LogP) is 5.02.